The standard InChI is InChI=1S/C14H14ClNO6S/c1-2-22-23(19,20)13-6-10(14(17)18)12(7-11(13)15)16-8-9-4-3-5-21-9/h3-7,16H,2,8H2,1H3,(H,17,18). The molecule has 0 aliphatic rings. The van der Waals surface area contributed by atoms with Crippen molar-refractivity contribution in [3.05, 3.63) is 46.9 Å². The van der Waals surface area contributed by atoms with Crippen molar-refractivity contribution in [1.29, 1.82) is 0 Å². The predicted octanol–water partition coefficient (Wildman–Crippen LogP) is 2.97. The van der Waals surface area contributed by atoms with Crippen molar-refractivity contribution in [2.24, 2.45) is 0 Å². The van der Waals surface area contributed by atoms with Crippen molar-refractivity contribution in [3.8, 4) is 0 Å². The summed E-state index contributed by atoms with van der Waals surface area (Å²) in [5.74, 6) is -0.708. The topological polar surface area (TPSA) is 106 Å². The summed E-state index contributed by atoms with van der Waals surface area (Å²) >= 11 is 5.97. The smallest absolute Gasteiger partial charge is 0.337 e. The Kier molecular flexibility index (Phi) is 5.30. The zero-order valence-corrected chi connectivity index (χ0v) is 13.6. The molecule has 2 rings (SSSR count). The number of rotatable bonds is 7. The Balaban J connectivity index is 2.40. The molecule has 0 aliphatic heterocycles. The number of carboxylic acids is 1. The molecule has 124 valence electrons. The fourth-order valence-corrected chi connectivity index (χ4v) is 3.33. The molecule has 0 aliphatic carbocycles. The molecule has 2 aromatic rings. The largest absolute Gasteiger partial charge is 0.478 e. The molecule has 0 unspecified atom stereocenters. The number of hydrogen-bond acceptors (Lipinski definition) is 6. The summed E-state index contributed by atoms with van der Waals surface area (Å²) in [7, 11) is -4.11. The van der Waals surface area contributed by atoms with Gasteiger partial charge in [-0.1, -0.05) is 11.6 Å². The molecule has 9 heteroatoms. The lowest BCUT2D eigenvalue weighted by molar-refractivity contribution is 0.0697. The molecule has 0 spiro atoms. The highest BCUT2D eigenvalue weighted by Crippen LogP contribution is 2.30. The Morgan fingerprint density at radius 1 is 1.43 bits per heavy atom. The van der Waals surface area contributed by atoms with Crippen LogP contribution in [0.25, 0.3) is 0 Å². The summed E-state index contributed by atoms with van der Waals surface area (Å²) in [6, 6.07) is 5.61. The summed E-state index contributed by atoms with van der Waals surface area (Å²) in [5, 5.41) is 12.0. The fraction of sp³-hybridized carbons (Fsp3) is 0.214. The van der Waals surface area contributed by atoms with Crippen LogP contribution >= 0.6 is 11.6 Å². The van der Waals surface area contributed by atoms with E-state index in [1.165, 1.54) is 19.3 Å². The minimum atomic E-state index is -4.11. The molecule has 1 aromatic carbocycles. The second-order valence-corrected chi connectivity index (χ2v) is 6.42. The van der Waals surface area contributed by atoms with Gasteiger partial charge < -0.3 is 14.8 Å². The predicted molar refractivity (Wildman–Crippen MR) is 83.3 cm³/mol. The van der Waals surface area contributed by atoms with Crippen molar-refractivity contribution >= 4 is 33.4 Å². The zero-order chi connectivity index (χ0) is 17.0. The van der Waals surface area contributed by atoms with Crippen LogP contribution in [-0.2, 0) is 20.8 Å². The van der Waals surface area contributed by atoms with Crippen LogP contribution in [-0.4, -0.2) is 26.1 Å². The van der Waals surface area contributed by atoms with Crippen LogP contribution in [0.1, 0.15) is 23.0 Å². The van der Waals surface area contributed by atoms with Gasteiger partial charge in [0.2, 0.25) is 0 Å². The number of furan rings is 1. The number of halogens is 1. The molecule has 0 saturated carbocycles. The normalized spacial score (nSPS) is 11.4. The Morgan fingerprint density at radius 2 is 2.17 bits per heavy atom. The number of nitrogens with one attached hydrogen (secondary N) is 1. The number of anilines is 1. The second-order valence-electron chi connectivity index (χ2n) is 4.43. The lowest BCUT2D eigenvalue weighted by atomic mass is 10.1. The minimum Gasteiger partial charge on any atom is -0.478 e. The molecule has 7 nitrogen and oxygen atoms in total. The van der Waals surface area contributed by atoms with Gasteiger partial charge in [-0.15, -0.1) is 0 Å². The molecule has 0 saturated heterocycles. The molecule has 1 heterocycles. The molecular formula is C14H14ClNO6S. The Bertz CT molecular complexity index is 801. The van der Waals surface area contributed by atoms with Gasteiger partial charge >= 0.3 is 5.97 Å². The van der Waals surface area contributed by atoms with Crippen molar-refractivity contribution < 1.29 is 26.9 Å². The molecule has 0 radical (unpaired) electrons. The Morgan fingerprint density at radius 3 is 2.74 bits per heavy atom. The lowest BCUT2D eigenvalue weighted by Crippen LogP contribution is -2.11. The third-order valence-corrected chi connectivity index (χ3v) is 4.73. The summed E-state index contributed by atoms with van der Waals surface area (Å²) < 4.78 is 33.7. The van der Waals surface area contributed by atoms with Crippen molar-refractivity contribution in [2.45, 2.75) is 18.4 Å². The van der Waals surface area contributed by atoms with Crippen molar-refractivity contribution in [3.63, 3.8) is 0 Å². The van der Waals surface area contributed by atoms with Crippen LogP contribution in [0.5, 0.6) is 0 Å². The van der Waals surface area contributed by atoms with E-state index >= 15 is 0 Å². The fourth-order valence-electron chi connectivity index (χ4n) is 1.88. The number of carboxylic acid groups (broad SMARTS) is 1. The maximum atomic E-state index is 11.9. The number of aromatic carboxylic acids is 1. The maximum Gasteiger partial charge on any atom is 0.337 e. The van der Waals surface area contributed by atoms with Gasteiger partial charge in [-0.05, 0) is 31.2 Å². The van der Waals surface area contributed by atoms with Gasteiger partial charge in [-0.2, -0.15) is 8.42 Å². The molecule has 0 atom stereocenters. The van der Waals surface area contributed by atoms with E-state index in [4.69, 9.17) is 16.0 Å². The van der Waals surface area contributed by atoms with E-state index < -0.39 is 16.1 Å². The van der Waals surface area contributed by atoms with Gasteiger partial charge in [0.15, 0.2) is 0 Å². The van der Waals surface area contributed by atoms with Crippen LogP contribution in [0.15, 0.2) is 39.8 Å². The number of hydrogen-bond donors (Lipinski definition) is 2. The van der Waals surface area contributed by atoms with Crippen LogP contribution in [0, 0.1) is 0 Å². The van der Waals surface area contributed by atoms with E-state index in [2.05, 4.69) is 9.50 Å². The highest BCUT2D eigenvalue weighted by molar-refractivity contribution is 7.86. The first kappa shape index (κ1) is 17.3. The van der Waals surface area contributed by atoms with Crippen molar-refractivity contribution in [1.82, 2.24) is 0 Å². The first-order valence-electron chi connectivity index (χ1n) is 6.57. The van der Waals surface area contributed by atoms with Crippen LogP contribution in [0.2, 0.25) is 5.02 Å². The monoisotopic (exact) mass is 359 g/mol. The third kappa shape index (κ3) is 4.04. The van der Waals surface area contributed by atoms with Gasteiger partial charge in [0.1, 0.15) is 10.7 Å². The highest BCUT2D eigenvalue weighted by atomic mass is 35.5. The second kappa shape index (κ2) is 7.03. The first-order valence-corrected chi connectivity index (χ1v) is 8.36. The third-order valence-electron chi connectivity index (χ3n) is 2.88. The van der Waals surface area contributed by atoms with E-state index in [0.717, 1.165) is 6.07 Å². The van der Waals surface area contributed by atoms with Crippen LogP contribution in [0.3, 0.4) is 0 Å². The number of carbonyl (C=O) groups is 1. The highest BCUT2D eigenvalue weighted by Gasteiger charge is 2.23. The quantitative estimate of drug-likeness (QED) is 0.732. The van der Waals surface area contributed by atoms with Gasteiger partial charge in [0.25, 0.3) is 10.1 Å². The maximum absolute atomic E-state index is 11.9. The van der Waals surface area contributed by atoms with Crippen molar-refractivity contribution in [2.75, 3.05) is 11.9 Å². The van der Waals surface area contributed by atoms with E-state index in [0.29, 0.717) is 5.76 Å². The SMILES string of the molecule is CCOS(=O)(=O)c1cc(C(=O)O)c(NCc2ccco2)cc1Cl. The van der Waals surface area contributed by atoms with Crippen LogP contribution in [0.4, 0.5) is 5.69 Å². The zero-order valence-electron chi connectivity index (χ0n) is 12.1. The van der Waals surface area contributed by atoms with E-state index in [1.807, 2.05) is 0 Å². The van der Waals surface area contributed by atoms with Gasteiger partial charge in [-0.3, -0.25) is 4.18 Å². The molecule has 23 heavy (non-hydrogen) atoms. The van der Waals surface area contributed by atoms with Gasteiger partial charge in [0.05, 0.1) is 35.7 Å². The molecular weight excluding hydrogens is 346 g/mol. The molecule has 2 N–H and O–H groups in total. The minimum absolute atomic E-state index is 0.0838. The summed E-state index contributed by atoms with van der Waals surface area (Å²) in [5.41, 5.74) is -0.0615. The summed E-state index contributed by atoms with van der Waals surface area (Å²) in [4.78, 5) is 11.0. The van der Waals surface area contributed by atoms with Gasteiger partial charge in [-0.25, -0.2) is 4.79 Å². The number of benzene rings is 1. The van der Waals surface area contributed by atoms with E-state index in [9.17, 15) is 18.3 Å². The Labute approximate surface area is 137 Å². The average molecular weight is 360 g/mol. The summed E-state index contributed by atoms with van der Waals surface area (Å²) in [6.45, 7) is 1.64. The van der Waals surface area contributed by atoms with E-state index in [1.54, 1.807) is 12.1 Å². The molecule has 1 aromatic heterocycles. The summed E-state index contributed by atoms with van der Waals surface area (Å²) in [6.07, 6.45) is 1.49. The lowest BCUT2D eigenvalue weighted by Gasteiger charge is -2.12. The molecule has 0 bridgehead atoms. The van der Waals surface area contributed by atoms with Crippen LogP contribution < -0.4 is 5.32 Å². The Hall–Kier alpha value is -2.03. The van der Waals surface area contributed by atoms with Gasteiger partial charge in [0, 0.05) is 0 Å². The molecule has 0 fully saturated rings. The van der Waals surface area contributed by atoms with E-state index in [-0.39, 0.29) is 34.3 Å². The average Bonchev–Trinajstić information content (AvgIpc) is 2.97. The first-order chi connectivity index (χ1) is 10.8. The molecule has 0 amide bonds.